The number of hydrogen-bond acceptors (Lipinski definition) is 4. The molecule has 2 aliphatic rings. The molecule has 3 heterocycles. The first-order valence-electron chi connectivity index (χ1n) is 10.9. The van der Waals surface area contributed by atoms with Gasteiger partial charge in [0.05, 0.1) is 0 Å². The highest BCUT2D eigenvalue weighted by Crippen LogP contribution is 2.48. The van der Waals surface area contributed by atoms with E-state index in [2.05, 4.69) is 15.4 Å². The van der Waals surface area contributed by atoms with Crippen LogP contribution in [0, 0.1) is 5.41 Å². The molecule has 1 spiro atoms. The maximum absolute atomic E-state index is 13.4. The van der Waals surface area contributed by atoms with Gasteiger partial charge in [0.1, 0.15) is 11.0 Å². The fourth-order valence-corrected chi connectivity index (χ4v) is 5.85. The molecule has 2 fully saturated rings. The van der Waals surface area contributed by atoms with Crippen molar-refractivity contribution in [2.75, 3.05) is 19.6 Å². The summed E-state index contributed by atoms with van der Waals surface area (Å²) in [6.45, 7) is 1.60. The third-order valence-corrected chi connectivity index (χ3v) is 7.49. The van der Waals surface area contributed by atoms with Gasteiger partial charge in [-0.1, -0.05) is 23.2 Å². The number of nitrogens with one attached hydrogen (secondary N) is 1. The fraction of sp³-hybridized carbons (Fsp3) is 0.391. The second kappa shape index (κ2) is 8.50. The number of nitrogens with zero attached hydrogens (tertiary/aromatic N) is 4. The number of fused-ring (bicyclic) bond motifs is 1. The van der Waals surface area contributed by atoms with E-state index in [1.165, 1.54) is 4.90 Å². The summed E-state index contributed by atoms with van der Waals surface area (Å²) in [5.41, 5.74) is 2.87. The van der Waals surface area contributed by atoms with Crippen molar-refractivity contribution in [1.29, 1.82) is 0 Å². The normalized spacial score (nSPS) is 19.6. The monoisotopic (exact) mass is 487 g/mol. The number of carbonyl (C=O) groups is 2. The van der Waals surface area contributed by atoms with Crippen molar-refractivity contribution in [3.05, 3.63) is 57.6 Å². The van der Waals surface area contributed by atoms with Crippen molar-refractivity contribution >= 4 is 46.2 Å². The molecule has 33 heavy (non-hydrogen) atoms. The molecule has 2 aromatic carbocycles. The zero-order chi connectivity index (χ0) is 23.2. The number of rotatable bonds is 4. The molecule has 1 aromatic heterocycles. The highest BCUT2D eigenvalue weighted by atomic mass is 35.5. The minimum absolute atomic E-state index is 0.00621. The third-order valence-electron chi connectivity index (χ3n) is 7.05. The molecule has 2 aliphatic heterocycles. The van der Waals surface area contributed by atoms with Crippen molar-refractivity contribution in [2.45, 2.75) is 31.7 Å². The van der Waals surface area contributed by atoms with E-state index in [0.717, 1.165) is 31.2 Å². The van der Waals surface area contributed by atoms with E-state index in [1.54, 1.807) is 24.3 Å². The largest absolute Gasteiger partial charge is 0.465 e. The van der Waals surface area contributed by atoms with Gasteiger partial charge in [-0.15, -0.1) is 0 Å². The van der Waals surface area contributed by atoms with Gasteiger partial charge in [-0.3, -0.25) is 4.79 Å². The molecule has 8 nitrogen and oxygen atoms in total. The van der Waals surface area contributed by atoms with E-state index in [4.69, 9.17) is 23.2 Å². The van der Waals surface area contributed by atoms with E-state index in [-0.39, 0.29) is 17.4 Å². The van der Waals surface area contributed by atoms with Crippen LogP contribution in [0.5, 0.6) is 0 Å². The second-order valence-electron chi connectivity index (χ2n) is 8.92. The average Bonchev–Trinajstić information content (AvgIpc) is 3.24. The predicted octanol–water partition coefficient (Wildman–Crippen LogP) is 4.48. The molecule has 0 aliphatic carbocycles. The van der Waals surface area contributed by atoms with Gasteiger partial charge < -0.3 is 14.9 Å². The van der Waals surface area contributed by atoms with Crippen LogP contribution in [0.15, 0.2) is 36.4 Å². The van der Waals surface area contributed by atoms with E-state index in [0.29, 0.717) is 46.3 Å². The first-order valence-corrected chi connectivity index (χ1v) is 11.6. The lowest BCUT2D eigenvalue weighted by Gasteiger charge is -2.60. The topological polar surface area (TPSA) is 102 Å². The Balaban J connectivity index is 1.38. The van der Waals surface area contributed by atoms with Gasteiger partial charge in [0, 0.05) is 46.7 Å². The number of aromatic amines is 1. The SMILES string of the molecule is O=C(O)N1CCC2(CC1)CN(C(=O)c1ccc3n[nH]nc3c1)C2CCc1cc(Cl)cc(Cl)c1. The first-order chi connectivity index (χ1) is 15.8. The molecule has 1 unspecified atom stereocenters. The fourth-order valence-electron chi connectivity index (χ4n) is 5.28. The van der Waals surface area contributed by atoms with Crippen LogP contribution >= 0.6 is 23.2 Å². The van der Waals surface area contributed by atoms with Crippen molar-refractivity contribution in [1.82, 2.24) is 25.2 Å². The van der Waals surface area contributed by atoms with Gasteiger partial charge in [0.15, 0.2) is 0 Å². The number of carboxylic acid groups (broad SMARTS) is 1. The molecule has 2 saturated heterocycles. The zero-order valence-corrected chi connectivity index (χ0v) is 19.3. The quantitative estimate of drug-likeness (QED) is 0.564. The van der Waals surface area contributed by atoms with Crippen molar-refractivity contribution in [2.24, 2.45) is 5.41 Å². The number of carbonyl (C=O) groups excluding carboxylic acids is 1. The third kappa shape index (κ3) is 4.13. The van der Waals surface area contributed by atoms with Crippen molar-refractivity contribution in [3.63, 3.8) is 0 Å². The Hall–Kier alpha value is -2.84. The molecule has 5 rings (SSSR count). The van der Waals surface area contributed by atoms with Crippen molar-refractivity contribution in [3.8, 4) is 0 Å². The maximum Gasteiger partial charge on any atom is 0.407 e. The number of benzene rings is 2. The standard InChI is InChI=1S/C23H23Cl2N5O3/c24-16-9-14(10-17(25)12-16)1-4-20-23(5-7-29(8-6-23)22(32)33)13-30(20)21(31)15-2-3-18-19(11-15)27-28-26-18/h2-3,9-12,20H,1,4-8,13H2,(H,32,33)(H,26,27,28). The van der Waals surface area contributed by atoms with Crippen LogP contribution in [0.2, 0.25) is 10.0 Å². The minimum atomic E-state index is -0.886. The molecule has 0 bridgehead atoms. The summed E-state index contributed by atoms with van der Waals surface area (Å²) in [5.74, 6) is -0.0414. The Morgan fingerprint density at radius 3 is 2.45 bits per heavy atom. The molecule has 0 radical (unpaired) electrons. The van der Waals surface area contributed by atoms with Crippen molar-refractivity contribution < 1.29 is 14.7 Å². The van der Waals surface area contributed by atoms with Gasteiger partial charge in [0.2, 0.25) is 0 Å². The highest BCUT2D eigenvalue weighted by Gasteiger charge is 2.55. The number of hydrogen-bond donors (Lipinski definition) is 2. The van der Waals surface area contributed by atoms with Crippen LogP contribution in [0.1, 0.15) is 35.2 Å². The smallest absolute Gasteiger partial charge is 0.407 e. The molecule has 2 amide bonds. The van der Waals surface area contributed by atoms with Gasteiger partial charge in [-0.05, 0) is 67.6 Å². The lowest BCUT2D eigenvalue weighted by molar-refractivity contribution is -0.0867. The summed E-state index contributed by atoms with van der Waals surface area (Å²) in [4.78, 5) is 28.2. The Morgan fingerprint density at radius 1 is 1.06 bits per heavy atom. The Morgan fingerprint density at radius 2 is 1.76 bits per heavy atom. The molecular formula is C23H23Cl2N5O3. The summed E-state index contributed by atoms with van der Waals surface area (Å²) in [6.07, 6.45) is 2.07. The van der Waals surface area contributed by atoms with Gasteiger partial charge in [0.25, 0.3) is 5.91 Å². The predicted molar refractivity (Wildman–Crippen MR) is 125 cm³/mol. The van der Waals surface area contributed by atoms with Crippen LogP contribution in [0.4, 0.5) is 4.79 Å². The lowest BCUT2D eigenvalue weighted by atomic mass is 9.63. The van der Waals surface area contributed by atoms with Crippen LogP contribution in [0.25, 0.3) is 11.0 Å². The van der Waals surface area contributed by atoms with E-state index >= 15 is 0 Å². The van der Waals surface area contributed by atoms with Gasteiger partial charge in [-0.25, -0.2) is 4.79 Å². The number of aryl methyl sites for hydroxylation is 1. The number of aromatic nitrogens is 3. The van der Waals surface area contributed by atoms with E-state index in [9.17, 15) is 14.7 Å². The first kappa shape index (κ1) is 22.0. The van der Waals surface area contributed by atoms with Gasteiger partial charge in [-0.2, -0.15) is 15.4 Å². The lowest BCUT2D eigenvalue weighted by Crippen LogP contribution is -2.69. The van der Waals surface area contributed by atoms with E-state index < -0.39 is 6.09 Å². The van der Waals surface area contributed by atoms with Crippen LogP contribution in [-0.2, 0) is 6.42 Å². The van der Waals surface area contributed by atoms with Crippen LogP contribution < -0.4 is 0 Å². The maximum atomic E-state index is 13.4. The number of amides is 2. The summed E-state index contributed by atoms with van der Waals surface area (Å²) < 4.78 is 0. The Kier molecular flexibility index (Phi) is 5.66. The molecule has 0 saturated carbocycles. The molecule has 172 valence electrons. The summed E-state index contributed by atoms with van der Waals surface area (Å²) in [7, 11) is 0. The summed E-state index contributed by atoms with van der Waals surface area (Å²) in [5, 5.41) is 21.2. The Labute approximate surface area is 200 Å². The molecule has 1 atom stereocenters. The second-order valence-corrected chi connectivity index (χ2v) is 9.80. The number of likely N-dealkylation sites (tertiary alicyclic amines) is 2. The highest BCUT2D eigenvalue weighted by molar-refractivity contribution is 6.34. The molecular weight excluding hydrogens is 465 g/mol. The van der Waals surface area contributed by atoms with Crippen LogP contribution in [-0.4, -0.2) is 68.0 Å². The van der Waals surface area contributed by atoms with Gasteiger partial charge >= 0.3 is 6.09 Å². The van der Waals surface area contributed by atoms with E-state index in [1.807, 2.05) is 17.0 Å². The minimum Gasteiger partial charge on any atom is -0.465 e. The molecule has 2 N–H and O–H groups in total. The number of piperidine rings is 1. The number of H-pyrrole nitrogens is 1. The Bertz CT molecular complexity index is 1200. The molecule has 10 heteroatoms. The molecule has 3 aromatic rings. The summed E-state index contributed by atoms with van der Waals surface area (Å²) in [6, 6.07) is 10.8. The summed E-state index contributed by atoms with van der Waals surface area (Å²) >= 11 is 12.3. The zero-order valence-electron chi connectivity index (χ0n) is 17.8. The number of halogens is 2. The average molecular weight is 488 g/mol. The van der Waals surface area contributed by atoms with Crippen LogP contribution in [0.3, 0.4) is 0 Å².